The number of phenolic OH excluding ortho intramolecular Hbond substituents is 1. The normalized spacial score (nSPS) is 19.3. The highest BCUT2D eigenvalue weighted by Crippen LogP contribution is 2.36. The number of rotatable bonds is 3. The Morgan fingerprint density at radius 3 is 2.75 bits per heavy atom. The molecule has 2 aliphatic rings. The fourth-order valence-electron chi connectivity index (χ4n) is 3.58. The predicted molar refractivity (Wildman–Crippen MR) is 90.1 cm³/mol. The predicted octanol–water partition coefficient (Wildman–Crippen LogP) is 2.20. The molecule has 1 aromatic heterocycles. The number of amides is 1. The van der Waals surface area contributed by atoms with Crippen molar-refractivity contribution < 1.29 is 9.90 Å². The lowest BCUT2D eigenvalue weighted by atomic mass is 10.1. The molecule has 0 bridgehead atoms. The summed E-state index contributed by atoms with van der Waals surface area (Å²) in [6.07, 6.45) is 3.92. The number of benzene rings is 1. The zero-order valence-electron chi connectivity index (χ0n) is 13.4. The van der Waals surface area contributed by atoms with E-state index in [1.54, 1.807) is 12.1 Å². The van der Waals surface area contributed by atoms with Crippen LogP contribution < -0.4 is 10.2 Å². The number of anilines is 1. The van der Waals surface area contributed by atoms with E-state index in [4.69, 9.17) is 0 Å². The Morgan fingerprint density at radius 1 is 1.17 bits per heavy atom. The summed E-state index contributed by atoms with van der Waals surface area (Å²) < 4.78 is 0. The van der Waals surface area contributed by atoms with Gasteiger partial charge in [0.2, 0.25) is 0 Å². The van der Waals surface area contributed by atoms with Gasteiger partial charge < -0.3 is 15.3 Å². The van der Waals surface area contributed by atoms with E-state index in [9.17, 15) is 9.90 Å². The fraction of sp³-hybridized carbons (Fsp3) is 0.389. The van der Waals surface area contributed by atoms with E-state index in [2.05, 4.69) is 20.4 Å². The van der Waals surface area contributed by atoms with Gasteiger partial charge in [0, 0.05) is 13.1 Å². The number of carbonyl (C=O) groups excluding carboxylic acids is 1. The summed E-state index contributed by atoms with van der Waals surface area (Å²) in [7, 11) is 0. The van der Waals surface area contributed by atoms with Crippen LogP contribution in [0.1, 0.15) is 46.9 Å². The van der Waals surface area contributed by atoms with E-state index in [1.807, 2.05) is 18.2 Å². The van der Waals surface area contributed by atoms with Crippen LogP contribution in [0.4, 0.5) is 5.82 Å². The molecule has 1 atom stereocenters. The van der Waals surface area contributed by atoms with Crippen LogP contribution in [-0.4, -0.2) is 34.3 Å². The summed E-state index contributed by atoms with van der Waals surface area (Å²) in [6, 6.07) is 8.96. The largest absolute Gasteiger partial charge is 0.508 e. The van der Waals surface area contributed by atoms with E-state index in [0.717, 1.165) is 42.9 Å². The SMILES string of the molecule is O=C(N[C@H]1CCc2c(O)cccc21)c1ccc(N2CCCC2)nn1. The van der Waals surface area contributed by atoms with Crippen molar-refractivity contribution in [1.82, 2.24) is 15.5 Å². The third-order valence-electron chi connectivity index (χ3n) is 4.86. The molecule has 2 aromatic rings. The lowest BCUT2D eigenvalue weighted by Crippen LogP contribution is -2.28. The quantitative estimate of drug-likeness (QED) is 0.905. The van der Waals surface area contributed by atoms with Gasteiger partial charge in [0.15, 0.2) is 11.5 Å². The molecule has 124 valence electrons. The first kappa shape index (κ1) is 14.9. The third kappa shape index (κ3) is 2.68. The lowest BCUT2D eigenvalue weighted by Gasteiger charge is -2.16. The number of nitrogens with zero attached hydrogens (tertiary/aromatic N) is 3. The standard InChI is InChI=1S/C18H20N4O2/c23-16-5-3-4-12-13(16)6-7-14(12)19-18(24)15-8-9-17(21-20-15)22-10-1-2-11-22/h3-5,8-9,14,23H,1-2,6-7,10-11H2,(H,19,24)/t14-/m0/s1. The van der Waals surface area contributed by atoms with Crippen LogP contribution in [0.2, 0.25) is 0 Å². The number of nitrogens with one attached hydrogen (secondary N) is 1. The van der Waals surface area contributed by atoms with Crippen LogP contribution in [0.15, 0.2) is 30.3 Å². The molecule has 1 aliphatic heterocycles. The number of fused-ring (bicyclic) bond motifs is 1. The summed E-state index contributed by atoms with van der Waals surface area (Å²) in [5.74, 6) is 0.913. The molecule has 0 radical (unpaired) electrons. The first-order valence-electron chi connectivity index (χ1n) is 8.42. The average Bonchev–Trinajstić information content (AvgIpc) is 3.26. The number of aromatic hydroxyl groups is 1. The minimum atomic E-state index is -0.225. The molecule has 0 unspecified atom stereocenters. The number of carbonyl (C=O) groups is 1. The maximum atomic E-state index is 12.4. The molecule has 1 fully saturated rings. The smallest absolute Gasteiger partial charge is 0.272 e. The lowest BCUT2D eigenvalue weighted by molar-refractivity contribution is 0.0930. The molecule has 4 rings (SSSR count). The zero-order valence-corrected chi connectivity index (χ0v) is 13.4. The number of aromatic nitrogens is 2. The maximum Gasteiger partial charge on any atom is 0.272 e. The van der Waals surface area contributed by atoms with Crippen LogP contribution in [0.3, 0.4) is 0 Å². The van der Waals surface area contributed by atoms with E-state index >= 15 is 0 Å². The summed E-state index contributed by atoms with van der Waals surface area (Å²) in [5.41, 5.74) is 2.25. The van der Waals surface area contributed by atoms with Crippen LogP contribution in [-0.2, 0) is 6.42 Å². The minimum Gasteiger partial charge on any atom is -0.508 e. The molecule has 6 heteroatoms. The fourth-order valence-corrected chi connectivity index (χ4v) is 3.58. The van der Waals surface area contributed by atoms with E-state index < -0.39 is 0 Å². The van der Waals surface area contributed by atoms with Crippen molar-refractivity contribution in [2.45, 2.75) is 31.7 Å². The van der Waals surface area contributed by atoms with Gasteiger partial charge in [-0.25, -0.2) is 0 Å². The molecule has 1 saturated heterocycles. The van der Waals surface area contributed by atoms with Gasteiger partial charge in [-0.2, -0.15) is 0 Å². The van der Waals surface area contributed by atoms with Crippen LogP contribution in [0.25, 0.3) is 0 Å². The second-order valence-electron chi connectivity index (χ2n) is 6.38. The van der Waals surface area contributed by atoms with E-state index in [1.165, 1.54) is 12.8 Å². The topological polar surface area (TPSA) is 78.4 Å². The Balaban J connectivity index is 1.46. The molecule has 2 N–H and O–H groups in total. The van der Waals surface area contributed by atoms with Crippen molar-refractivity contribution in [3.8, 4) is 5.75 Å². The Hall–Kier alpha value is -2.63. The third-order valence-corrected chi connectivity index (χ3v) is 4.86. The Bertz CT molecular complexity index is 754. The van der Waals surface area contributed by atoms with Gasteiger partial charge in [-0.15, -0.1) is 10.2 Å². The zero-order chi connectivity index (χ0) is 16.5. The van der Waals surface area contributed by atoms with Crippen molar-refractivity contribution >= 4 is 11.7 Å². The van der Waals surface area contributed by atoms with Crippen LogP contribution in [0.5, 0.6) is 5.75 Å². The second kappa shape index (κ2) is 6.11. The maximum absolute atomic E-state index is 12.4. The van der Waals surface area contributed by atoms with E-state index in [0.29, 0.717) is 11.4 Å². The molecule has 0 saturated carbocycles. The van der Waals surface area contributed by atoms with E-state index in [-0.39, 0.29) is 11.9 Å². The Labute approximate surface area is 140 Å². The molecule has 24 heavy (non-hydrogen) atoms. The van der Waals surface area contributed by atoms with Crippen molar-refractivity contribution in [2.24, 2.45) is 0 Å². The van der Waals surface area contributed by atoms with Gasteiger partial charge in [-0.1, -0.05) is 12.1 Å². The molecule has 6 nitrogen and oxygen atoms in total. The van der Waals surface area contributed by atoms with Crippen molar-refractivity contribution in [3.63, 3.8) is 0 Å². The summed E-state index contributed by atoms with van der Waals surface area (Å²) in [5, 5.41) is 21.2. The van der Waals surface area contributed by atoms with Crippen LogP contribution in [0, 0.1) is 0 Å². The van der Waals surface area contributed by atoms with Gasteiger partial charge in [0.25, 0.3) is 5.91 Å². The average molecular weight is 324 g/mol. The minimum absolute atomic E-state index is 0.0836. The summed E-state index contributed by atoms with van der Waals surface area (Å²) in [4.78, 5) is 14.6. The molecule has 1 aromatic carbocycles. The van der Waals surface area contributed by atoms with Crippen molar-refractivity contribution in [2.75, 3.05) is 18.0 Å². The number of hydrogen-bond acceptors (Lipinski definition) is 5. The second-order valence-corrected chi connectivity index (χ2v) is 6.38. The van der Waals surface area contributed by atoms with Gasteiger partial charge in [-0.05, 0) is 55.0 Å². The highest BCUT2D eigenvalue weighted by molar-refractivity contribution is 5.92. The molecule has 2 heterocycles. The first-order chi connectivity index (χ1) is 11.7. The van der Waals surface area contributed by atoms with Crippen molar-refractivity contribution in [3.05, 3.63) is 47.2 Å². The molecular weight excluding hydrogens is 304 g/mol. The number of hydrogen-bond donors (Lipinski definition) is 2. The van der Waals surface area contributed by atoms with Crippen molar-refractivity contribution in [1.29, 1.82) is 0 Å². The van der Waals surface area contributed by atoms with Gasteiger partial charge >= 0.3 is 0 Å². The Kier molecular flexibility index (Phi) is 3.80. The number of phenols is 1. The highest BCUT2D eigenvalue weighted by Gasteiger charge is 2.26. The van der Waals surface area contributed by atoms with Gasteiger partial charge in [0.1, 0.15) is 5.75 Å². The summed E-state index contributed by atoms with van der Waals surface area (Å²) in [6.45, 7) is 2.01. The Morgan fingerprint density at radius 2 is 2.00 bits per heavy atom. The van der Waals surface area contributed by atoms with Gasteiger partial charge in [0.05, 0.1) is 6.04 Å². The summed E-state index contributed by atoms with van der Waals surface area (Å²) >= 11 is 0. The molecule has 0 spiro atoms. The highest BCUT2D eigenvalue weighted by atomic mass is 16.3. The first-order valence-corrected chi connectivity index (χ1v) is 8.42. The monoisotopic (exact) mass is 324 g/mol. The van der Waals surface area contributed by atoms with Crippen LogP contribution >= 0.6 is 0 Å². The molecular formula is C18H20N4O2. The molecule has 1 aliphatic carbocycles. The van der Waals surface area contributed by atoms with Gasteiger partial charge in [-0.3, -0.25) is 4.79 Å². The molecule has 1 amide bonds.